The van der Waals surface area contributed by atoms with E-state index in [1.165, 1.54) is 5.56 Å². The van der Waals surface area contributed by atoms with Gasteiger partial charge in [-0.25, -0.2) is 0 Å². The maximum absolute atomic E-state index is 12.4. The van der Waals surface area contributed by atoms with Crippen LogP contribution in [-0.2, 0) is 17.8 Å². The normalized spacial score (nSPS) is 16.9. The standard InChI is InChI=1S/C24H29N3O3/c1-2-17-3-8-20(25-15-17)16-26-23(28)18-6-9-21(10-7-18)30-22-11-13-27(14-12-22)24(29)19-4-5-19/h3,6-10,15,19,22H,2,4-5,11-14,16H2,1H3,(H,26,28). The average molecular weight is 408 g/mol. The average Bonchev–Trinajstić information content (AvgIpc) is 3.64. The van der Waals surface area contributed by atoms with Crippen molar-refractivity contribution in [2.75, 3.05) is 13.1 Å². The first-order chi connectivity index (χ1) is 14.6. The van der Waals surface area contributed by atoms with Crippen LogP contribution in [0.4, 0.5) is 0 Å². The molecule has 2 aromatic rings. The molecule has 30 heavy (non-hydrogen) atoms. The molecule has 1 saturated carbocycles. The lowest BCUT2D eigenvalue weighted by molar-refractivity contribution is -0.134. The van der Waals surface area contributed by atoms with Crippen LogP contribution in [0.15, 0.2) is 42.6 Å². The number of aromatic nitrogens is 1. The summed E-state index contributed by atoms with van der Waals surface area (Å²) >= 11 is 0. The molecule has 6 heteroatoms. The predicted octanol–water partition coefficient (Wildman–Crippen LogP) is 3.35. The second-order valence-electron chi connectivity index (χ2n) is 8.14. The van der Waals surface area contributed by atoms with Crippen molar-refractivity contribution in [3.63, 3.8) is 0 Å². The predicted molar refractivity (Wildman–Crippen MR) is 114 cm³/mol. The van der Waals surface area contributed by atoms with Gasteiger partial charge in [0.2, 0.25) is 5.91 Å². The van der Waals surface area contributed by atoms with E-state index in [4.69, 9.17) is 4.74 Å². The number of nitrogens with zero attached hydrogens (tertiary/aromatic N) is 2. The first kappa shape index (κ1) is 20.4. The highest BCUT2D eigenvalue weighted by Gasteiger charge is 2.35. The van der Waals surface area contributed by atoms with Crippen molar-refractivity contribution in [1.82, 2.24) is 15.2 Å². The quantitative estimate of drug-likeness (QED) is 0.764. The summed E-state index contributed by atoms with van der Waals surface area (Å²) in [5, 5.41) is 2.90. The maximum atomic E-state index is 12.4. The molecule has 2 aliphatic rings. The number of nitrogens with one attached hydrogen (secondary N) is 1. The number of pyridine rings is 1. The number of amides is 2. The molecule has 2 fully saturated rings. The Hall–Kier alpha value is -2.89. The van der Waals surface area contributed by atoms with Crippen LogP contribution in [0.25, 0.3) is 0 Å². The van der Waals surface area contributed by atoms with E-state index in [0.29, 0.717) is 18.0 Å². The zero-order chi connectivity index (χ0) is 20.9. The van der Waals surface area contributed by atoms with E-state index in [0.717, 1.165) is 56.6 Å². The fourth-order valence-corrected chi connectivity index (χ4v) is 3.70. The second kappa shape index (κ2) is 9.28. The lowest BCUT2D eigenvalue weighted by Crippen LogP contribution is -2.42. The lowest BCUT2D eigenvalue weighted by atomic mass is 10.1. The molecule has 2 heterocycles. The van der Waals surface area contributed by atoms with E-state index in [2.05, 4.69) is 17.2 Å². The number of rotatable bonds is 7. The molecule has 158 valence electrons. The lowest BCUT2D eigenvalue weighted by Gasteiger charge is -2.32. The van der Waals surface area contributed by atoms with Crippen LogP contribution < -0.4 is 10.1 Å². The van der Waals surface area contributed by atoms with Crippen LogP contribution in [0.2, 0.25) is 0 Å². The zero-order valence-corrected chi connectivity index (χ0v) is 17.5. The van der Waals surface area contributed by atoms with E-state index in [1.807, 2.05) is 35.4 Å². The van der Waals surface area contributed by atoms with Crippen molar-refractivity contribution in [3.8, 4) is 5.75 Å². The van der Waals surface area contributed by atoms with Gasteiger partial charge >= 0.3 is 0 Å². The van der Waals surface area contributed by atoms with Crippen molar-refractivity contribution in [1.29, 1.82) is 0 Å². The van der Waals surface area contributed by atoms with Gasteiger partial charge in [-0.05, 0) is 55.2 Å². The van der Waals surface area contributed by atoms with Crippen molar-refractivity contribution < 1.29 is 14.3 Å². The van der Waals surface area contributed by atoms with E-state index in [-0.39, 0.29) is 17.9 Å². The minimum Gasteiger partial charge on any atom is -0.490 e. The van der Waals surface area contributed by atoms with Crippen molar-refractivity contribution >= 4 is 11.8 Å². The molecule has 0 radical (unpaired) electrons. The van der Waals surface area contributed by atoms with Gasteiger partial charge in [-0.15, -0.1) is 0 Å². The largest absolute Gasteiger partial charge is 0.490 e. The molecule has 4 rings (SSSR count). The van der Waals surface area contributed by atoms with Gasteiger partial charge in [0.25, 0.3) is 5.91 Å². The Balaban J connectivity index is 1.23. The van der Waals surface area contributed by atoms with Gasteiger partial charge in [-0.1, -0.05) is 13.0 Å². The van der Waals surface area contributed by atoms with Crippen molar-refractivity contribution in [2.45, 2.75) is 51.7 Å². The summed E-state index contributed by atoms with van der Waals surface area (Å²) in [7, 11) is 0. The number of carbonyl (C=O) groups excluding carboxylic acids is 2. The van der Waals surface area contributed by atoms with Crippen molar-refractivity contribution in [2.24, 2.45) is 5.92 Å². The fraction of sp³-hybridized carbons (Fsp3) is 0.458. The summed E-state index contributed by atoms with van der Waals surface area (Å²) in [6, 6.07) is 11.2. The third kappa shape index (κ3) is 5.17. The molecule has 1 N–H and O–H groups in total. The Morgan fingerprint density at radius 3 is 2.40 bits per heavy atom. The Morgan fingerprint density at radius 2 is 1.80 bits per heavy atom. The molecule has 0 unspecified atom stereocenters. The van der Waals surface area contributed by atoms with Crippen LogP contribution in [0, 0.1) is 5.92 Å². The van der Waals surface area contributed by atoms with Gasteiger partial charge < -0.3 is 15.0 Å². The molecular formula is C24H29N3O3. The number of hydrogen-bond donors (Lipinski definition) is 1. The Kier molecular flexibility index (Phi) is 6.31. The Bertz CT molecular complexity index is 868. The molecule has 1 aliphatic carbocycles. The third-order valence-corrected chi connectivity index (χ3v) is 5.82. The van der Waals surface area contributed by atoms with Crippen molar-refractivity contribution in [3.05, 3.63) is 59.4 Å². The molecule has 1 saturated heterocycles. The topological polar surface area (TPSA) is 71.5 Å². The fourth-order valence-electron chi connectivity index (χ4n) is 3.70. The molecule has 0 spiro atoms. The second-order valence-corrected chi connectivity index (χ2v) is 8.14. The number of aryl methyl sites for hydroxylation is 1. The van der Waals surface area contributed by atoms with E-state index < -0.39 is 0 Å². The molecule has 0 bridgehead atoms. The van der Waals surface area contributed by atoms with Crippen LogP contribution in [0.3, 0.4) is 0 Å². The Morgan fingerprint density at radius 1 is 1.07 bits per heavy atom. The van der Waals surface area contributed by atoms with Crippen LogP contribution in [0.1, 0.15) is 54.2 Å². The molecule has 6 nitrogen and oxygen atoms in total. The Labute approximate surface area is 177 Å². The van der Waals surface area contributed by atoms with Crippen LogP contribution in [-0.4, -0.2) is 40.9 Å². The van der Waals surface area contributed by atoms with Gasteiger partial charge in [-0.3, -0.25) is 14.6 Å². The number of benzene rings is 1. The van der Waals surface area contributed by atoms with Gasteiger partial charge in [0.05, 0.1) is 12.2 Å². The number of hydrogen-bond acceptors (Lipinski definition) is 4. The minimum absolute atomic E-state index is 0.116. The molecule has 1 aromatic carbocycles. The summed E-state index contributed by atoms with van der Waals surface area (Å²) in [5.74, 6) is 1.23. The van der Waals surface area contributed by atoms with E-state index in [1.54, 1.807) is 12.1 Å². The van der Waals surface area contributed by atoms with Gasteiger partial charge in [0.15, 0.2) is 0 Å². The number of piperidine rings is 1. The highest BCUT2D eigenvalue weighted by atomic mass is 16.5. The number of likely N-dealkylation sites (tertiary alicyclic amines) is 1. The SMILES string of the molecule is CCc1ccc(CNC(=O)c2ccc(OC3CCN(C(=O)C4CC4)CC3)cc2)nc1. The van der Waals surface area contributed by atoms with Gasteiger partial charge in [-0.2, -0.15) is 0 Å². The zero-order valence-electron chi connectivity index (χ0n) is 17.5. The number of carbonyl (C=O) groups is 2. The number of ether oxygens (including phenoxy) is 1. The van der Waals surface area contributed by atoms with E-state index >= 15 is 0 Å². The third-order valence-electron chi connectivity index (χ3n) is 5.82. The molecule has 0 atom stereocenters. The van der Waals surface area contributed by atoms with E-state index in [9.17, 15) is 9.59 Å². The summed E-state index contributed by atoms with van der Waals surface area (Å²) in [4.78, 5) is 30.9. The summed E-state index contributed by atoms with van der Waals surface area (Å²) in [6.45, 7) is 4.03. The highest BCUT2D eigenvalue weighted by Crippen LogP contribution is 2.32. The molecular weight excluding hydrogens is 378 g/mol. The molecule has 1 aliphatic heterocycles. The van der Waals surface area contributed by atoms with Crippen LogP contribution in [0.5, 0.6) is 5.75 Å². The molecule has 1 aromatic heterocycles. The first-order valence-electron chi connectivity index (χ1n) is 10.9. The molecule has 2 amide bonds. The minimum atomic E-state index is -0.130. The summed E-state index contributed by atoms with van der Waals surface area (Å²) in [5.41, 5.74) is 2.62. The van der Waals surface area contributed by atoms with Gasteiger partial charge in [0.1, 0.15) is 11.9 Å². The maximum Gasteiger partial charge on any atom is 0.251 e. The monoisotopic (exact) mass is 407 g/mol. The highest BCUT2D eigenvalue weighted by molar-refractivity contribution is 5.94. The van der Waals surface area contributed by atoms with Crippen LogP contribution >= 0.6 is 0 Å². The smallest absolute Gasteiger partial charge is 0.251 e. The first-order valence-corrected chi connectivity index (χ1v) is 10.9. The summed E-state index contributed by atoms with van der Waals surface area (Å²) < 4.78 is 6.07. The van der Waals surface area contributed by atoms with Gasteiger partial charge in [0, 0.05) is 43.6 Å². The summed E-state index contributed by atoms with van der Waals surface area (Å²) in [6.07, 6.45) is 6.72.